The highest BCUT2D eigenvalue weighted by Crippen LogP contribution is 2.29. The maximum absolute atomic E-state index is 12.2. The number of rotatable bonds is 3. The number of anilines is 2. The lowest BCUT2D eigenvalue weighted by Crippen LogP contribution is -2.15. The number of hydrogen-bond donors (Lipinski definition) is 2. The monoisotopic (exact) mass is 242 g/mol. The molecule has 9 heteroatoms. The first-order valence-electron chi connectivity index (χ1n) is 4.03. The third-order valence-corrected chi connectivity index (χ3v) is 1.47. The Labute approximate surface area is 86.7 Å². The van der Waals surface area contributed by atoms with E-state index in [-0.39, 0.29) is 5.82 Å². The third-order valence-electron chi connectivity index (χ3n) is 1.47. The second-order valence-corrected chi connectivity index (χ2v) is 2.77. The molecule has 1 aromatic heterocycles. The van der Waals surface area contributed by atoms with Crippen LogP contribution in [0, 0.1) is 0 Å². The SMILES string of the molecule is Nc1nc(NCC(F)F)cc(C(F)(F)F)n1. The van der Waals surface area contributed by atoms with Crippen LogP contribution in [0.3, 0.4) is 0 Å². The van der Waals surface area contributed by atoms with Crippen LogP contribution in [-0.4, -0.2) is 22.9 Å². The Hall–Kier alpha value is -1.67. The Morgan fingerprint density at radius 2 is 1.94 bits per heavy atom. The van der Waals surface area contributed by atoms with Gasteiger partial charge in [-0.3, -0.25) is 0 Å². The second kappa shape index (κ2) is 4.45. The van der Waals surface area contributed by atoms with Gasteiger partial charge in [0.05, 0.1) is 6.54 Å². The predicted octanol–water partition coefficient (Wildman–Crippen LogP) is 1.75. The van der Waals surface area contributed by atoms with E-state index in [1.54, 1.807) is 0 Å². The molecule has 0 spiro atoms. The zero-order valence-corrected chi connectivity index (χ0v) is 7.72. The Kier molecular flexibility index (Phi) is 3.45. The molecule has 0 bridgehead atoms. The lowest BCUT2D eigenvalue weighted by molar-refractivity contribution is -0.141. The van der Waals surface area contributed by atoms with Crippen molar-refractivity contribution in [1.29, 1.82) is 0 Å². The molecule has 16 heavy (non-hydrogen) atoms. The number of nitrogens with zero attached hydrogens (tertiary/aromatic N) is 2. The molecule has 0 saturated heterocycles. The van der Waals surface area contributed by atoms with Crippen LogP contribution < -0.4 is 11.1 Å². The minimum absolute atomic E-state index is 0.389. The highest BCUT2D eigenvalue weighted by Gasteiger charge is 2.33. The zero-order chi connectivity index (χ0) is 12.3. The molecule has 0 fully saturated rings. The number of nitrogens with two attached hydrogens (primary N) is 1. The summed E-state index contributed by atoms with van der Waals surface area (Å²) >= 11 is 0. The highest BCUT2D eigenvalue weighted by molar-refractivity contribution is 5.41. The van der Waals surface area contributed by atoms with Crippen molar-refractivity contribution in [2.75, 3.05) is 17.6 Å². The summed E-state index contributed by atoms with van der Waals surface area (Å²) in [5.74, 6) is -1.02. The summed E-state index contributed by atoms with van der Waals surface area (Å²) in [7, 11) is 0. The summed E-state index contributed by atoms with van der Waals surface area (Å²) in [6, 6.07) is 0.513. The van der Waals surface area contributed by atoms with Crippen molar-refractivity contribution in [3.8, 4) is 0 Å². The van der Waals surface area contributed by atoms with Crippen molar-refractivity contribution in [1.82, 2.24) is 9.97 Å². The van der Waals surface area contributed by atoms with Crippen molar-refractivity contribution in [2.24, 2.45) is 0 Å². The average molecular weight is 242 g/mol. The lowest BCUT2D eigenvalue weighted by atomic mass is 10.4. The first kappa shape index (κ1) is 12.4. The molecule has 0 amide bonds. The van der Waals surface area contributed by atoms with Crippen molar-refractivity contribution < 1.29 is 22.0 Å². The summed E-state index contributed by atoms with van der Waals surface area (Å²) in [5.41, 5.74) is 3.73. The van der Waals surface area contributed by atoms with Crippen molar-refractivity contribution in [2.45, 2.75) is 12.6 Å². The van der Waals surface area contributed by atoms with Crippen LogP contribution in [0.15, 0.2) is 6.07 Å². The van der Waals surface area contributed by atoms with Crippen LogP contribution in [-0.2, 0) is 6.18 Å². The van der Waals surface area contributed by atoms with E-state index in [0.717, 1.165) is 0 Å². The maximum atomic E-state index is 12.2. The molecule has 0 saturated carbocycles. The molecule has 4 nitrogen and oxygen atoms in total. The smallest absolute Gasteiger partial charge is 0.368 e. The number of hydrogen-bond acceptors (Lipinski definition) is 4. The molecule has 0 unspecified atom stereocenters. The maximum Gasteiger partial charge on any atom is 0.433 e. The van der Waals surface area contributed by atoms with E-state index in [4.69, 9.17) is 5.73 Å². The predicted molar refractivity (Wildman–Crippen MR) is 45.9 cm³/mol. The summed E-state index contributed by atoms with van der Waals surface area (Å²) in [6.45, 7) is -0.812. The van der Waals surface area contributed by atoms with Gasteiger partial charge in [0, 0.05) is 6.07 Å². The van der Waals surface area contributed by atoms with Crippen LogP contribution in [0.2, 0.25) is 0 Å². The molecule has 0 atom stereocenters. The fraction of sp³-hybridized carbons (Fsp3) is 0.429. The number of nitrogens with one attached hydrogen (secondary N) is 1. The Morgan fingerprint density at radius 1 is 1.31 bits per heavy atom. The molecule has 1 rings (SSSR count). The third kappa shape index (κ3) is 3.48. The van der Waals surface area contributed by atoms with E-state index in [2.05, 4.69) is 9.97 Å². The fourth-order valence-corrected chi connectivity index (χ4v) is 0.883. The molecule has 3 N–H and O–H groups in total. The number of nitrogen functional groups attached to an aromatic ring is 1. The summed E-state index contributed by atoms with van der Waals surface area (Å²) in [4.78, 5) is 6.29. The summed E-state index contributed by atoms with van der Waals surface area (Å²) in [5, 5.41) is 2.02. The Balaban J connectivity index is 2.90. The number of alkyl halides is 5. The highest BCUT2D eigenvalue weighted by atomic mass is 19.4. The second-order valence-electron chi connectivity index (χ2n) is 2.77. The quantitative estimate of drug-likeness (QED) is 0.792. The molecule has 1 aromatic rings. The van der Waals surface area contributed by atoms with E-state index in [1.165, 1.54) is 0 Å². The van der Waals surface area contributed by atoms with Crippen LogP contribution in [0.5, 0.6) is 0 Å². The topological polar surface area (TPSA) is 63.8 Å². The van der Waals surface area contributed by atoms with Gasteiger partial charge >= 0.3 is 6.18 Å². The van der Waals surface area contributed by atoms with E-state index in [1.807, 2.05) is 5.32 Å². The lowest BCUT2D eigenvalue weighted by Gasteiger charge is -2.09. The zero-order valence-electron chi connectivity index (χ0n) is 7.72. The van der Waals surface area contributed by atoms with E-state index < -0.39 is 30.8 Å². The fourth-order valence-electron chi connectivity index (χ4n) is 0.883. The van der Waals surface area contributed by atoms with Crippen molar-refractivity contribution >= 4 is 11.8 Å². The van der Waals surface area contributed by atoms with Gasteiger partial charge in [-0.15, -0.1) is 0 Å². The van der Waals surface area contributed by atoms with Crippen LogP contribution in [0.4, 0.5) is 33.7 Å². The summed E-state index contributed by atoms with van der Waals surface area (Å²) in [6.07, 6.45) is -7.40. The number of aromatic nitrogens is 2. The van der Waals surface area contributed by atoms with Gasteiger partial charge in [-0.25, -0.2) is 13.8 Å². The standard InChI is InChI=1S/C7H7F5N4/c8-4(9)2-14-5-1-3(7(10,11)12)15-6(13)16-5/h1,4H,2H2,(H3,13,14,15,16). The molecule has 90 valence electrons. The van der Waals surface area contributed by atoms with Crippen LogP contribution in [0.1, 0.15) is 5.69 Å². The largest absolute Gasteiger partial charge is 0.433 e. The minimum Gasteiger partial charge on any atom is -0.368 e. The van der Waals surface area contributed by atoms with Gasteiger partial charge in [0.15, 0.2) is 5.69 Å². The van der Waals surface area contributed by atoms with Gasteiger partial charge in [0.1, 0.15) is 5.82 Å². The van der Waals surface area contributed by atoms with Crippen LogP contribution in [0.25, 0.3) is 0 Å². The Bertz CT molecular complexity index is 364. The molecular formula is C7H7F5N4. The molecule has 0 aromatic carbocycles. The molecular weight excluding hydrogens is 235 g/mol. The Morgan fingerprint density at radius 3 is 2.44 bits per heavy atom. The first-order valence-corrected chi connectivity index (χ1v) is 4.03. The van der Waals surface area contributed by atoms with E-state index >= 15 is 0 Å². The van der Waals surface area contributed by atoms with E-state index in [0.29, 0.717) is 6.07 Å². The normalized spacial score (nSPS) is 11.9. The van der Waals surface area contributed by atoms with Gasteiger partial charge in [0.2, 0.25) is 5.95 Å². The molecule has 0 radical (unpaired) electrons. The van der Waals surface area contributed by atoms with Crippen molar-refractivity contribution in [3.63, 3.8) is 0 Å². The molecule has 1 heterocycles. The average Bonchev–Trinajstić information content (AvgIpc) is 2.12. The first-order chi connectivity index (χ1) is 7.29. The summed E-state index contributed by atoms with van der Waals surface area (Å²) < 4.78 is 60.3. The minimum atomic E-state index is -4.70. The van der Waals surface area contributed by atoms with Crippen molar-refractivity contribution in [3.05, 3.63) is 11.8 Å². The van der Waals surface area contributed by atoms with Gasteiger partial charge in [-0.1, -0.05) is 0 Å². The van der Waals surface area contributed by atoms with Gasteiger partial charge in [-0.2, -0.15) is 18.2 Å². The molecule has 0 aliphatic carbocycles. The molecule has 0 aliphatic rings. The van der Waals surface area contributed by atoms with E-state index in [9.17, 15) is 22.0 Å². The van der Waals surface area contributed by atoms with Gasteiger partial charge in [0.25, 0.3) is 6.43 Å². The van der Waals surface area contributed by atoms with Gasteiger partial charge < -0.3 is 11.1 Å². The van der Waals surface area contributed by atoms with Gasteiger partial charge in [-0.05, 0) is 0 Å². The van der Waals surface area contributed by atoms with Crippen LogP contribution >= 0.6 is 0 Å². The molecule has 0 aliphatic heterocycles. The number of halogens is 5.